The topological polar surface area (TPSA) is 152 Å². The molecule has 0 saturated heterocycles. The molecule has 0 aromatic heterocycles. The number of amides is 1. The normalized spacial score (nSPS) is 10.0. The molecular weight excluding hydrogens is 320 g/mol. The van der Waals surface area contributed by atoms with E-state index in [4.69, 9.17) is 0 Å². The van der Waals surface area contributed by atoms with Gasteiger partial charge in [0.15, 0.2) is 0 Å². The van der Waals surface area contributed by atoms with Crippen LogP contribution in [0, 0.1) is 10.1 Å². The summed E-state index contributed by atoms with van der Waals surface area (Å²) in [7, 11) is 0. The van der Waals surface area contributed by atoms with Gasteiger partial charge in [0.2, 0.25) is 0 Å². The zero-order valence-corrected chi connectivity index (χ0v) is 11.8. The maximum absolute atomic E-state index is 12.2. The van der Waals surface area contributed by atoms with Crippen LogP contribution in [0.3, 0.4) is 0 Å². The molecule has 0 fully saturated rings. The van der Waals surface area contributed by atoms with Gasteiger partial charge in [-0.1, -0.05) is 24.3 Å². The van der Waals surface area contributed by atoms with Gasteiger partial charge in [0.1, 0.15) is 5.56 Å². The number of rotatable bonds is 5. The number of hydrogen-bond donors (Lipinski definition) is 1. The van der Waals surface area contributed by atoms with Crippen LogP contribution in [-0.4, -0.2) is 22.8 Å². The minimum absolute atomic E-state index is 0.118. The number of carbonyl (C=O) groups is 3. The zero-order valence-electron chi connectivity index (χ0n) is 11.8. The second-order valence-electron chi connectivity index (χ2n) is 4.56. The van der Waals surface area contributed by atoms with E-state index in [1.54, 1.807) is 0 Å². The quantitative estimate of drug-likeness (QED) is 0.577. The second kappa shape index (κ2) is 6.57. The highest BCUT2D eigenvalue weighted by atomic mass is 16.6. The fraction of sp³-hybridized carbons (Fsp3) is 0. The number of carbonyl (C=O) groups excluding carboxylic acids is 3. The van der Waals surface area contributed by atoms with Crippen molar-refractivity contribution >= 4 is 29.2 Å². The van der Waals surface area contributed by atoms with Gasteiger partial charge >= 0.3 is 0 Å². The Bertz CT molecular complexity index is 811. The number of nitro groups is 1. The molecule has 9 heteroatoms. The van der Waals surface area contributed by atoms with E-state index < -0.39 is 39.6 Å². The lowest BCUT2D eigenvalue weighted by molar-refractivity contribution is -0.385. The summed E-state index contributed by atoms with van der Waals surface area (Å²) in [5.74, 6) is -4.19. The Hall–Kier alpha value is -3.75. The van der Waals surface area contributed by atoms with Crippen molar-refractivity contribution in [3.8, 4) is 0 Å². The molecule has 0 aliphatic heterocycles. The Morgan fingerprint density at radius 3 is 2.04 bits per heavy atom. The van der Waals surface area contributed by atoms with Gasteiger partial charge in [-0.2, -0.15) is 0 Å². The van der Waals surface area contributed by atoms with Gasteiger partial charge in [-0.3, -0.25) is 14.9 Å². The molecule has 0 aliphatic carbocycles. The molecule has 0 unspecified atom stereocenters. The third-order valence-electron chi connectivity index (χ3n) is 3.06. The van der Waals surface area contributed by atoms with Crippen molar-refractivity contribution < 1.29 is 29.5 Å². The Balaban J connectivity index is 2.40. The third kappa shape index (κ3) is 3.35. The molecule has 0 atom stereocenters. The molecular formula is C15H8N2O7-2. The van der Waals surface area contributed by atoms with E-state index in [0.717, 1.165) is 30.3 Å². The van der Waals surface area contributed by atoms with E-state index in [0.29, 0.717) is 0 Å². The minimum Gasteiger partial charge on any atom is -0.545 e. The first-order chi connectivity index (χ1) is 11.3. The third-order valence-corrected chi connectivity index (χ3v) is 3.06. The van der Waals surface area contributed by atoms with Crippen LogP contribution in [0.25, 0.3) is 0 Å². The number of carboxylic acid groups (broad SMARTS) is 2. The molecule has 24 heavy (non-hydrogen) atoms. The number of benzene rings is 2. The molecule has 2 aromatic carbocycles. The Labute approximate surface area is 134 Å². The Morgan fingerprint density at radius 2 is 1.54 bits per heavy atom. The molecule has 122 valence electrons. The summed E-state index contributed by atoms with van der Waals surface area (Å²) in [6.07, 6.45) is 0. The van der Waals surface area contributed by atoms with Crippen LogP contribution in [0.4, 0.5) is 11.4 Å². The summed E-state index contributed by atoms with van der Waals surface area (Å²) in [4.78, 5) is 44.1. The molecule has 0 radical (unpaired) electrons. The van der Waals surface area contributed by atoms with Crippen molar-refractivity contribution in [1.82, 2.24) is 0 Å². The number of anilines is 1. The number of nitro benzene ring substituents is 1. The highest BCUT2D eigenvalue weighted by Crippen LogP contribution is 2.23. The average Bonchev–Trinajstić information content (AvgIpc) is 2.54. The van der Waals surface area contributed by atoms with Crippen LogP contribution in [0.2, 0.25) is 0 Å². The summed E-state index contributed by atoms with van der Waals surface area (Å²) < 4.78 is 0. The van der Waals surface area contributed by atoms with Gasteiger partial charge < -0.3 is 25.1 Å². The summed E-state index contributed by atoms with van der Waals surface area (Å²) in [6, 6.07) is 7.90. The highest BCUT2D eigenvalue weighted by Gasteiger charge is 2.24. The largest absolute Gasteiger partial charge is 0.545 e. The van der Waals surface area contributed by atoms with Crippen molar-refractivity contribution in [2.45, 2.75) is 0 Å². The predicted molar refractivity (Wildman–Crippen MR) is 76.2 cm³/mol. The Kier molecular flexibility index (Phi) is 4.55. The smallest absolute Gasteiger partial charge is 0.282 e. The lowest BCUT2D eigenvalue weighted by Gasteiger charge is -2.11. The van der Waals surface area contributed by atoms with Gasteiger partial charge in [0.05, 0.1) is 16.9 Å². The first-order valence-corrected chi connectivity index (χ1v) is 6.42. The second-order valence-corrected chi connectivity index (χ2v) is 4.56. The predicted octanol–water partition coefficient (Wildman–Crippen LogP) is -0.426. The van der Waals surface area contributed by atoms with Crippen molar-refractivity contribution in [3.05, 3.63) is 69.3 Å². The first-order valence-electron chi connectivity index (χ1n) is 6.42. The van der Waals surface area contributed by atoms with Crippen molar-refractivity contribution in [2.75, 3.05) is 5.32 Å². The number of nitrogens with one attached hydrogen (secondary N) is 1. The summed E-state index contributed by atoms with van der Waals surface area (Å²) in [6.45, 7) is 0. The van der Waals surface area contributed by atoms with E-state index >= 15 is 0 Å². The van der Waals surface area contributed by atoms with E-state index in [2.05, 4.69) is 5.32 Å². The molecule has 0 saturated carbocycles. The number of carboxylic acids is 2. The van der Waals surface area contributed by atoms with E-state index in [1.807, 2.05) is 0 Å². The van der Waals surface area contributed by atoms with E-state index in [9.17, 15) is 34.7 Å². The maximum Gasteiger partial charge on any atom is 0.282 e. The SMILES string of the molecule is O=C([O-])c1ccc(NC(=O)c2c(C(=O)[O-])cccc2[N+](=O)[O-])cc1. The van der Waals surface area contributed by atoms with Crippen LogP contribution in [0.15, 0.2) is 42.5 Å². The fourth-order valence-corrected chi connectivity index (χ4v) is 1.98. The molecule has 0 bridgehead atoms. The highest BCUT2D eigenvalue weighted by molar-refractivity contribution is 6.13. The molecule has 9 nitrogen and oxygen atoms in total. The molecule has 2 aromatic rings. The van der Waals surface area contributed by atoms with Crippen LogP contribution in [0.1, 0.15) is 31.1 Å². The number of aromatic carboxylic acids is 2. The van der Waals surface area contributed by atoms with E-state index in [-0.39, 0.29) is 11.3 Å². The van der Waals surface area contributed by atoms with Crippen LogP contribution in [0.5, 0.6) is 0 Å². The molecule has 1 amide bonds. The molecule has 0 spiro atoms. The maximum atomic E-state index is 12.2. The number of hydrogen-bond acceptors (Lipinski definition) is 7. The standard InChI is InChI=1S/C15H10N2O7/c18-13(16-9-6-4-8(5-7-9)14(19)20)12-10(15(21)22)2-1-3-11(12)17(23)24/h1-7H,(H,16,18)(H,19,20)(H,21,22)/p-2. The zero-order chi connectivity index (χ0) is 17.9. The summed E-state index contributed by atoms with van der Waals surface area (Å²) in [5, 5.41) is 35.0. The minimum atomic E-state index is -1.74. The first kappa shape index (κ1) is 16.6. The lowest BCUT2D eigenvalue weighted by atomic mass is 10.0. The summed E-state index contributed by atoms with van der Waals surface area (Å²) in [5.41, 5.74) is -2.00. The van der Waals surface area contributed by atoms with Gasteiger partial charge in [-0.25, -0.2) is 0 Å². The molecule has 2 rings (SSSR count). The monoisotopic (exact) mass is 328 g/mol. The van der Waals surface area contributed by atoms with Crippen LogP contribution >= 0.6 is 0 Å². The Morgan fingerprint density at radius 1 is 0.917 bits per heavy atom. The average molecular weight is 328 g/mol. The van der Waals surface area contributed by atoms with Crippen molar-refractivity contribution in [2.24, 2.45) is 0 Å². The fourth-order valence-electron chi connectivity index (χ4n) is 1.98. The van der Waals surface area contributed by atoms with Gasteiger partial charge in [-0.05, 0) is 17.7 Å². The molecule has 0 aliphatic rings. The molecule has 1 N–H and O–H groups in total. The van der Waals surface area contributed by atoms with Gasteiger partial charge in [0.25, 0.3) is 11.6 Å². The summed E-state index contributed by atoms with van der Waals surface area (Å²) >= 11 is 0. The lowest BCUT2D eigenvalue weighted by Crippen LogP contribution is -2.27. The van der Waals surface area contributed by atoms with Crippen LogP contribution < -0.4 is 15.5 Å². The van der Waals surface area contributed by atoms with Crippen molar-refractivity contribution in [3.63, 3.8) is 0 Å². The van der Waals surface area contributed by atoms with Crippen molar-refractivity contribution in [1.29, 1.82) is 0 Å². The number of nitrogens with zero attached hydrogens (tertiary/aromatic N) is 1. The van der Waals surface area contributed by atoms with E-state index in [1.165, 1.54) is 12.1 Å². The van der Waals surface area contributed by atoms with Crippen LogP contribution in [-0.2, 0) is 0 Å². The van der Waals surface area contributed by atoms with Gasteiger partial charge in [0, 0.05) is 17.3 Å². The molecule has 0 heterocycles. The van der Waals surface area contributed by atoms with Gasteiger partial charge in [-0.15, -0.1) is 0 Å².